The normalized spacial score (nSPS) is 10.2. The molecule has 0 amide bonds. The molecule has 0 aliphatic heterocycles. The predicted molar refractivity (Wildman–Crippen MR) is 53.3 cm³/mol. The van der Waals surface area contributed by atoms with E-state index in [1.165, 1.54) is 0 Å². The van der Waals surface area contributed by atoms with Crippen LogP contribution in [0.2, 0.25) is 0 Å². The maximum Gasteiger partial charge on any atom is 0.126 e. The molecule has 0 aromatic heterocycles. The maximum atomic E-state index is 13.1. The van der Waals surface area contributed by atoms with Crippen LogP contribution in [0, 0.1) is 12.7 Å². The van der Waals surface area contributed by atoms with Gasteiger partial charge in [0.05, 0.1) is 0 Å². The number of rotatable bonds is 3. The number of hydrogen-bond donors (Lipinski definition) is 1. The zero-order valence-electron chi connectivity index (χ0n) is 7.18. The fraction of sp³-hybridized carbons (Fsp3) is 0.400. The second-order valence-electron chi connectivity index (χ2n) is 2.92. The van der Waals surface area contributed by atoms with Gasteiger partial charge >= 0.3 is 0 Å². The van der Waals surface area contributed by atoms with E-state index in [1.54, 1.807) is 6.07 Å². The largest absolute Gasteiger partial charge is 0.207 e. The smallest absolute Gasteiger partial charge is 0.126 e. The van der Waals surface area contributed by atoms with E-state index in [2.05, 4.69) is 12.6 Å². The van der Waals surface area contributed by atoms with Crippen LogP contribution in [0.1, 0.15) is 17.5 Å². The molecule has 0 saturated carbocycles. The van der Waals surface area contributed by atoms with E-state index in [1.807, 2.05) is 19.1 Å². The minimum Gasteiger partial charge on any atom is -0.207 e. The highest BCUT2D eigenvalue weighted by Crippen LogP contribution is 2.11. The monoisotopic (exact) mass is 184 g/mol. The molecule has 0 aliphatic carbocycles. The van der Waals surface area contributed by atoms with E-state index in [0.29, 0.717) is 0 Å². The Morgan fingerprint density at radius 1 is 1.42 bits per heavy atom. The Morgan fingerprint density at radius 3 is 2.75 bits per heavy atom. The molecule has 12 heavy (non-hydrogen) atoms. The van der Waals surface area contributed by atoms with Crippen molar-refractivity contribution in [1.29, 1.82) is 0 Å². The summed E-state index contributed by atoms with van der Waals surface area (Å²) in [5.41, 5.74) is 1.77. The van der Waals surface area contributed by atoms with Crippen LogP contribution in [0.15, 0.2) is 18.2 Å². The number of benzene rings is 1. The molecule has 0 N–H and O–H groups in total. The quantitative estimate of drug-likeness (QED) is 0.686. The molecule has 0 fully saturated rings. The third kappa shape index (κ3) is 2.52. The SMILES string of the molecule is Cc1ccc(CCCS)c(F)c1. The van der Waals surface area contributed by atoms with Crippen LogP contribution in [-0.4, -0.2) is 5.75 Å². The summed E-state index contributed by atoms with van der Waals surface area (Å²) >= 11 is 4.08. The molecule has 0 bridgehead atoms. The van der Waals surface area contributed by atoms with Gasteiger partial charge in [-0.25, -0.2) is 4.39 Å². The molecule has 0 spiro atoms. The average molecular weight is 184 g/mol. The topological polar surface area (TPSA) is 0 Å². The van der Waals surface area contributed by atoms with Crippen molar-refractivity contribution in [3.05, 3.63) is 35.1 Å². The first-order valence-electron chi connectivity index (χ1n) is 4.10. The van der Waals surface area contributed by atoms with Crippen LogP contribution in [0.5, 0.6) is 0 Å². The van der Waals surface area contributed by atoms with E-state index in [0.717, 1.165) is 29.7 Å². The Morgan fingerprint density at radius 2 is 2.17 bits per heavy atom. The van der Waals surface area contributed by atoms with Crippen molar-refractivity contribution in [2.45, 2.75) is 19.8 Å². The van der Waals surface area contributed by atoms with Crippen molar-refractivity contribution < 1.29 is 4.39 Å². The van der Waals surface area contributed by atoms with Crippen molar-refractivity contribution in [2.24, 2.45) is 0 Å². The van der Waals surface area contributed by atoms with E-state index in [9.17, 15) is 4.39 Å². The Balaban J connectivity index is 2.72. The van der Waals surface area contributed by atoms with E-state index in [4.69, 9.17) is 0 Å². The van der Waals surface area contributed by atoms with Crippen molar-refractivity contribution in [3.8, 4) is 0 Å². The van der Waals surface area contributed by atoms with Gasteiger partial charge in [0.1, 0.15) is 5.82 Å². The van der Waals surface area contributed by atoms with E-state index < -0.39 is 0 Å². The number of aryl methyl sites for hydroxylation is 2. The van der Waals surface area contributed by atoms with Gasteiger partial charge in [0.2, 0.25) is 0 Å². The average Bonchev–Trinajstić information content (AvgIpc) is 2.03. The highest BCUT2D eigenvalue weighted by atomic mass is 32.1. The minimum absolute atomic E-state index is 0.0863. The van der Waals surface area contributed by atoms with Crippen molar-refractivity contribution >= 4 is 12.6 Å². The number of hydrogen-bond acceptors (Lipinski definition) is 1. The van der Waals surface area contributed by atoms with Crippen molar-refractivity contribution in [3.63, 3.8) is 0 Å². The molecule has 1 aromatic carbocycles. The van der Waals surface area contributed by atoms with Crippen LogP contribution in [0.4, 0.5) is 4.39 Å². The molecule has 0 radical (unpaired) electrons. The molecule has 0 saturated heterocycles. The summed E-state index contributed by atoms with van der Waals surface area (Å²) in [5.74, 6) is 0.727. The van der Waals surface area contributed by atoms with Crippen molar-refractivity contribution in [2.75, 3.05) is 5.75 Å². The van der Waals surface area contributed by atoms with Gasteiger partial charge in [-0.05, 0) is 42.7 Å². The molecule has 0 unspecified atom stereocenters. The molecule has 1 rings (SSSR count). The summed E-state index contributed by atoms with van der Waals surface area (Å²) in [7, 11) is 0. The van der Waals surface area contributed by atoms with E-state index in [-0.39, 0.29) is 5.82 Å². The first-order valence-corrected chi connectivity index (χ1v) is 4.73. The van der Waals surface area contributed by atoms with Gasteiger partial charge in [-0.1, -0.05) is 12.1 Å². The zero-order chi connectivity index (χ0) is 8.97. The first kappa shape index (κ1) is 9.59. The molecular weight excluding hydrogens is 171 g/mol. The molecule has 2 heteroatoms. The fourth-order valence-electron chi connectivity index (χ4n) is 1.12. The third-order valence-corrected chi connectivity index (χ3v) is 2.13. The molecule has 1 aromatic rings. The maximum absolute atomic E-state index is 13.1. The molecule has 0 atom stereocenters. The lowest BCUT2D eigenvalue weighted by Crippen LogP contribution is -1.91. The predicted octanol–water partition coefficient (Wildman–Crippen LogP) is 3.00. The second kappa shape index (κ2) is 4.51. The number of thiol groups is 1. The molecule has 0 aliphatic rings. The van der Waals surface area contributed by atoms with Crippen LogP contribution < -0.4 is 0 Å². The molecule has 0 heterocycles. The van der Waals surface area contributed by atoms with Gasteiger partial charge in [0.15, 0.2) is 0 Å². The van der Waals surface area contributed by atoms with Gasteiger partial charge in [0, 0.05) is 0 Å². The first-order chi connectivity index (χ1) is 5.74. The summed E-state index contributed by atoms with van der Waals surface area (Å²) in [5, 5.41) is 0. The Kier molecular flexibility index (Phi) is 3.60. The lowest BCUT2D eigenvalue weighted by molar-refractivity contribution is 0.606. The zero-order valence-corrected chi connectivity index (χ0v) is 8.07. The lowest BCUT2D eigenvalue weighted by Gasteiger charge is -2.02. The van der Waals surface area contributed by atoms with Crippen LogP contribution >= 0.6 is 12.6 Å². The minimum atomic E-state index is -0.0863. The summed E-state index contributed by atoms with van der Waals surface area (Å²) in [4.78, 5) is 0. The summed E-state index contributed by atoms with van der Waals surface area (Å²) in [6.45, 7) is 1.89. The van der Waals surface area contributed by atoms with Gasteiger partial charge in [-0.15, -0.1) is 0 Å². The summed E-state index contributed by atoms with van der Waals surface area (Å²) in [6, 6.07) is 5.37. The van der Waals surface area contributed by atoms with Crippen LogP contribution in [-0.2, 0) is 6.42 Å². The Hall–Kier alpha value is -0.500. The fourth-order valence-corrected chi connectivity index (χ4v) is 1.28. The molecule has 0 nitrogen and oxygen atoms in total. The lowest BCUT2D eigenvalue weighted by atomic mass is 10.1. The Bertz CT molecular complexity index is 258. The Labute approximate surface area is 78.2 Å². The highest BCUT2D eigenvalue weighted by molar-refractivity contribution is 7.80. The summed E-state index contributed by atoms with van der Waals surface area (Å²) in [6.07, 6.45) is 1.72. The van der Waals surface area contributed by atoms with Gasteiger partial charge < -0.3 is 0 Å². The van der Waals surface area contributed by atoms with Gasteiger partial charge in [0.25, 0.3) is 0 Å². The number of halogens is 1. The van der Waals surface area contributed by atoms with Gasteiger partial charge in [-0.3, -0.25) is 0 Å². The summed E-state index contributed by atoms with van der Waals surface area (Å²) < 4.78 is 13.1. The van der Waals surface area contributed by atoms with E-state index >= 15 is 0 Å². The standard InChI is InChI=1S/C10H13FS/c1-8-4-5-9(3-2-6-12)10(11)7-8/h4-5,7,12H,2-3,6H2,1H3. The molecule has 66 valence electrons. The van der Waals surface area contributed by atoms with Crippen LogP contribution in [0.25, 0.3) is 0 Å². The van der Waals surface area contributed by atoms with Gasteiger partial charge in [-0.2, -0.15) is 12.6 Å². The molecular formula is C10H13FS. The third-order valence-electron chi connectivity index (χ3n) is 1.81. The highest BCUT2D eigenvalue weighted by Gasteiger charge is 2.00. The van der Waals surface area contributed by atoms with Crippen molar-refractivity contribution in [1.82, 2.24) is 0 Å². The van der Waals surface area contributed by atoms with Crippen LogP contribution in [0.3, 0.4) is 0 Å². The second-order valence-corrected chi connectivity index (χ2v) is 3.37.